The molecule has 0 spiro atoms. The van der Waals surface area contributed by atoms with Crippen molar-refractivity contribution in [1.29, 1.82) is 0 Å². The van der Waals surface area contributed by atoms with E-state index in [9.17, 15) is 13.2 Å². The molecule has 0 bridgehead atoms. The first-order valence-electron chi connectivity index (χ1n) is 6.70. The molecule has 0 aliphatic carbocycles. The average molecular weight is 312 g/mol. The molecule has 0 aromatic heterocycles. The van der Waals surface area contributed by atoms with Crippen molar-refractivity contribution in [3.63, 3.8) is 0 Å². The third-order valence-electron chi connectivity index (χ3n) is 3.59. The summed E-state index contributed by atoms with van der Waals surface area (Å²) >= 11 is 0. The van der Waals surface area contributed by atoms with E-state index in [1.54, 1.807) is 0 Å². The summed E-state index contributed by atoms with van der Waals surface area (Å²) in [4.78, 5) is 13.2. The fraction of sp³-hybridized carbons (Fsp3) is 0.462. The molecule has 1 aliphatic rings. The van der Waals surface area contributed by atoms with Crippen LogP contribution in [0.1, 0.15) is 16.8 Å². The third-order valence-corrected chi connectivity index (χ3v) is 5.56. The first-order valence-corrected chi connectivity index (χ1v) is 8.14. The quantitative estimate of drug-likeness (QED) is 0.744. The zero-order valence-corrected chi connectivity index (χ0v) is 12.8. The molecule has 1 aromatic carbocycles. The molecule has 1 aliphatic heterocycles. The number of nitrogens with two attached hydrogens (primary N) is 2. The third kappa shape index (κ3) is 3.34. The second kappa shape index (κ2) is 6.00. The van der Waals surface area contributed by atoms with Gasteiger partial charge >= 0.3 is 0 Å². The van der Waals surface area contributed by atoms with E-state index in [1.807, 2.05) is 7.05 Å². The van der Waals surface area contributed by atoms with Crippen molar-refractivity contribution in [2.24, 2.45) is 5.73 Å². The molecule has 1 amide bonds. The summed E-state index contributed by atoms with van der Waals surface area (Å²) in [7, 11) is -1.69. The molecule has 1 aromatic rings. The van der Waals surface area contributed by atoms with Gasteiger partial charge in [0.25, 0.3) is 0 Å². The highest BCUT2D eigenvalue weighted by Gasteiger charge is 2.28. The van der Waals surface area contributed by atoms with Crippen LogP contribution < -0.4 is 11.5 Å². The second-order valence-corrected chi connectivity index (χ2v) is 7.08. The van der Waals surface area contributed by atoms with Gasteiger partial charge in [-0.3, -0.25) is 4.79 Å². The van der Waals surface area contributed by atoms with Crippen LogP contribution in [0.4, 0.5) is 5.69 Å². The van der Waals surface area contributed by atoms with Gasteiger partial charge in [-0.15, -0.1) is 0 Å². The molecule has 1 fully saturated rings. The van der Waals surface area contributed by atoms with Crippen molar-refractivity contribution < 1.29 is 13.2 Å². The maximum Gasteiger partial charge on any atom is 0.248 e. The summed E-state index contributed by atoms with van der Waals surface area (Å²) in [6.07, 6.45) is 0.773. The van der Waals surface area contributed by atoms with Crippen LogP contribution in [0.3, 0.4) is 0 Å². The molecule has 1 saturated heterocycles. The molecule has 4 N–H and O–H groups in total. The lowest BCUT2D eigenvalue weighted by atomic mass is 10.2. The number of amides is 1. The average Bonchev–Trinajstić information content (AvgIpc) is 2.63. The Hall–Kier alpha value is -1.64. The number of rotatable bonds is 3. The summed E-state index contributed by atoms with van der Waals surface area (Å²) < 4.78 is 26.8. The first kappa shape index (κ1) is 15.7. The van der Waals surface area contributed by atoms with E-state index in [0.717, 1.165) is 13.0 Å². The Bertz CT molecular complexity index is 645. The van der Waals surface area contributed by atoms with Gasteiger partial charge in [-0.2, -0.15) is 4.31 Å². The lowest BCUT2D eigenvalue weighted by Gasteiger charge is -2.21. The highest BCUT2D eigenvalue weighted by molar-refractivity contribution is 7.89. The van der Waals surface area contributed by atoms with E-state index in [2.05, 4.69) is 4.90 Å². The molecule has 0 atom stereocenters. The normalized spacial score (nSPS) is 18.3. The summed E-state index contributed by atoms with van der Waals surface area (Å²) in [5.74, 6) is -0.637. The minimum Gasteiger partial charge on any atom is -0.398 e. The smallest absolute Gasteiger partial charge is 0.248 e. The number of carbonyl (C=O) groups is 1. The van der Waals surface area contributed by atoms with Crippen molar-refractivity contribution in [1.82, 2.24) is 9.21 Å². The maximum absolute atomic E-state index is 12.7. The number of sulfonamides is 1. The van der Waals surface area contributed by atoms with Crippen molar-refractivity contribution in [2.75, 3.05) is 39.0 Å². The Morgan fingerprint density at radius 2 is 1.90 bits per heavy atom. The number of anilines is 1. The van der Waals surface area contributed by atoms with Crippen molar-refractivity contribution in [3.8, 4) is 0 Å². The Balaban J connectivity index is 2.33. The molecular formula is C13H20N4O3S. The van der Waals surface area contributed by atoms with E-state index < -0.39 is 15.9 Å². The predicted octanol–water partition coefficient (Wildman–Crippen LogP) is -0.306. The van der Waals surface area contributed by atoms with Gasteiger partial charge in [-0.25, -0.2) is 8.42 Å². The number of carbonyl (C=O) groups excluding carboxylic acids is 1. The monoisotopic (exact) mass is 312 g/mol. The molecule has 0 saturated carbocycles. The summed E-state index contributed by atoms with van der Waals surface area (Å²) in [6, 6.07) is 4.04. The van der Waals surface area contributed by atoms with Crippen LogP contribution in [0.2, 0.25) is 0 Å². The number of nitrogens with zero attached hydrogens (tertiary/aromatic N) is 2. The van der Waals surface area contributed by atoms with Crippen molar-refractivity contribution >= 4 is 21.6 Å². The van der Waals surface area contributed by atoms with E-state index in [1.165, 1.54) is 22.5 Å². The van der Waals surface area contributed by atoms with Gasteiger partial charge in [0.1, 0.15) is 4.90 Å². The van der Waals surface area contributed by atoms with Crippen LogP contribution in [0.15, 0.2) is 23.1 Å². The van der Waals surface area contributed by atoms with Crippen LogP contribution in [-0.2, 0) is 10.0 Å². The zero-order valence-electron chi connectivity index (χ0n) is 11.9. The highest BCUT2D eigenvalue weighted by atomic mass is 32.2. The number of hydrogen-bond acceptors (Lipinski definition) is 5. The molecule has 0 radical (unpaired) electrons. The number of nitrogen functional groups attached to an aromatic ring is 1. The van der Waals surface area contributed by atoms with E-state index in [4.69, 9.17) is 11.5 Å². The number of likely N-dealkylation sites (N-methyl/N-ethyl adjacent to an activating group) is 1. The van der Waals surface area contributed by atoms with Crippen LogP contribution >= 0.6 is 0 Å². The standard InChI is InChI=1S/C13H20N4O3S/c1-16-5-2-6-17(8-7-16)21(19,20)12-4-3-10(13(15)18)9-11(12)14/h3-4,9H,2,5-8,14H2,1H3,(H2,15,18). The first-order chi connectivity index (χ1) is 9.82. The minimum absolute atomic E-state index is 0.0250. The van der Waals surface area contributed by atoms with Gasteiger partial charge in [-0.05, 0) is 38.2 Å². The largest absolute Gasteiger partial charge is 0.398 e. The van der Waals surface area contributed by atoms with Gasteiger partial charge in [0.2, 0.25) is 15.9 Å². The molecule has 0 unspecified atom stereocenters. The minimum atomic E-state index is -3.65. The van der Waals surface area contributed by atoms with Crippen molar-refractivity contribution in [3.05, 3.63) is 23.8 Å². The van der Waals surface area contributed by atoms with Crippen molar-refractivity contribution in [2.45, 2.75) is 11.3 Å². The van der Waals surface area contributed by atoms with Crippen LogP contribution in [0.25, 0.3) is 0 Å². The lowest BCUT2D eigenvalue weighted by molar-refractivity contribution is 0.1000. The van der Waals surface area contributed by atoms with Gasteiger partial charge in [0, 0.05) is 25.2 Å². The van der Waals surface area contributed by atoms with Gasteiger partial charge in [0.05, 0.1) is 5.69 Å². The lowest BCUT2D eigenvalue weighted by Crippen LogP contribution is -2.35. The summed E-state index contributed by atoms with van der Waals surface area (Å²) in [5.41, 5.74) is 11.2. The highest BCUT2D eigenvalue weighted by Crippen LogP contribution is 2.24. The fourth-order valence-electron chi connectivity index (χ4n) is 2.34. The molecule has 21 heavy (non-hydrogen) atoms. The summed E-state index contributed by atoms with van der Waals surface area (Å²) in [6.45, 7) is 2.43. The molecular weight excluding hydrogens is 292 g/mol. The van der Waals surface area contributed by atoms with Gasteiger partial charge < -0.3 is 16.4 Å². The second-order valence-electron chi connectivity index (χ2n) is 5.18. The Morgan fingerprint density at radius 1 is 1.19 bits per heavy atom. The van der Waals surface area contributed by atoms with Gasteiger partial charge in [0.15, 0.2) is 0 Å². The maximum atomic E-state index is 12.7. The van der Waals surface area contributed by atoms with E-state index in [0.29, 0.717) is 19.6 Å². The predicted molar refractivity (Wildman–Crippen MR) is 80.2 cm³/mol. The Labute approximate surface area is 124 Å². The number of hydrogen-bond donors (Lipinski definition) is 2. The summed E-state index contributed by atoms with van der Waals surface area (Å²) in [5, 5.41) is 0. The van der Waals surface area contributed by atoms with Crippen LogP contribution in [0.5, 0.6) is 0 Å². The van der Waals surface area contributed by atoms with Crippen LogP contribution in [0, 0.1) is 0 Å². The van der Waals surface area contributed by atoms with E-state index in [-0.39, 0.29) is 16.1 Å². The van der Waals surface area contributed by atoms with Gasteiger partial charge in [-0.1, -0.05) is 0 Å². The Kier molecular flexibility index (Phi) is 4.50. The van der Waals surface area contributed by atoms with Crippen LogP contribution in [-0.4, -0.2) is 56.8 Å². The fourth-order valence-corrected chi connectivity index (χ4v) is 3.91. The molecule has 8 heteroatoms. The number of primary amides is 1. The molecule has 116 valence electrons. The number of benzene rings is 1. The Morgan fingerprint density at radius 3 is 2.52 bits per heavy atom. The molecule has 2 rings (SSSR count). The molecule has 1 heterocycles. The zero-order chi connectivity index (χ0) is 15.6. The SMILES string of the molecule is CN1CCCN(S(=O)(=O)c2ccc(C(N)=O)cc2N)CC1. The molecule has 7 nitrogen and oxygen atoms in total. The van der Waals surface area contributed by atoms with E-state index >= 15 is 0 Å². The topological polar surface area (TPSA) is 110 Å².